The average Bonchev–Trinajstić information content (AvgIpc) is 2.00. The fraction of sp³-hybridized carbons (Fsp3) is 1.00. The molecule has 0 spiro atoms. The third-order valence-electron chi connectivity index (χ3n) is 2.05. The maximum Gasteiger partial charge on any atom is 0.537 e. The molecule has 1 aliphatic heterocycles. The highest BCUT2D eigenvalue weighted by Crippen LogP contribution is 2.30. The van der Waals surface area contributed by atoms with Crippen LogP contribution in [0.2, 0.25) is 0 Å². The van der Waals surface area contributed by atoms with Crippen LogP contribution in [0.4, 0.5) is 0 Å². The van der Waals surface area contributed by atoms with Crippen LogP contribution >= 0.6 is 8.10 Å². The normalized spacial score (nSPS) is 24.7. The predicted octanol–water partition coefficient (Wildman–Crippen LogP) is 1.69. The number of nitrogens with zero attached hydrogens (tertiary/aromatic N) is 2. The Kier molecular flexibility index (Phi) is 3.44. The van der Waals surface area contributed by atoms with Gasteiger partial charge in [0.2, 0.25) is 0 Å². The Morgan fingerprint density at radius 2 is 1.45 bits per heavy atom. The van der Waals surface area contributed by atoms with Crippen molar-refractivity contribution in [2.24, 2.45) is 0 Å². The molecule has 0 amide bonds. The second kappa shape index (κ2) is 4.15. The first-order valence-electron chi connectivity index (χ1n) is 4.11. The summed E-state index contributed by atoms with van der Waals surface area (Å²) in [6.45, 7) is 1.94. The van der Waals surface area contributed by atoms with Crippen molar-refractivity contribution in [2.45, 2.75) is 19.3 Å². The highest BCUT2D eigenvalue weighted by atomic mass is 31.1. The van der Waals surface area contributed by atoms with Crippen LogP contribution in [0.3, 0.4) is 0 Å². The number of hydrogen-bond acceptors (Lipinski definition) is 1. The molecule has 0 aromatic carbocycles. The van der Waals surface area contributed by atoms with Gasteiger partial charge in [0.25, 0.3) is 0 Å². The van der Waals surface area contributed by atoms with Gasteiger partial charge < -0.3 is 0 Å². The van der Waals surface area contributed by atoms with Gasteiger partial charge in [-0.3, -0.25) is 0 Å². The van der Waals surface area contributed by atoms with E-state index in [1.54, 1.807) is 0 Å². The van der Waals surface area contributed by atoms with Crippen molar-refractivity contribution in [3.8, 4) is 0 Å². The molecule has 0 unspecified atom stereocenters. The minimum Gasteiger partial charge on any atom is -0.0820 e. The summed E-state index contributed by atoms with van der Waals surface area (Å²) in [5, 5.41) is 0. The first-order chi connectivity index (χ1) is 5.22. The van der Waals surface area contributed by atoms with Gasteiger partial charge in [0.15, 0.2) is 0 Å². The molecule has 1 fully saturated rings. The van der Waals surface area contributed by atoms with Crippen molar-refractivity contribution >= 4 is 8.10 Å². The molecule has 0 saturated carbocycles. The zero-order valence-electron chi connectivity index (χ0n) is 7.29. The molecule has 1 aliphatic rings. The lowest BCUT2D eigenvalue weighted by Crippen LogP contribution is -2.23. The van der Waals surface area contributed by atoms with E-state index in [2.05, 4.69) is 0 Å². The van der Waals surface area contributed by atoms with Crippen LogP contribution in [0, 0.1) is 0 Å². The quantitative estimate of drug-likeness (QED) is 0.523. The molecular formula is C7H16N2OP+. The van der Waals surface area contributed by atoms with Crippen LogP contribution in [-0.4, -0.2) is 36.5 Å². The van der Waals surface area contributed by atoms with Crippen molar-refractivity contribution in [3.63, 3.8) is 0 Å². The standard InChI is InChI=1S/C7H16N2OP/c1-8-6-4-3-5-7-9(2)11(8)10/h3-7H2,1-2H3/q+1. The highest BCUT2D eigenvalue weighted by molar-refractivity contribution is 7.39. The van der Waals surface area contributed by atoms with Crippen LogP contribution in [0.15, 0.2) is 0 Å². The molecule has 0 aromatic heterocycles. The topological polar surface area (TPSA) is 23.6 Å². The minimum atomic E-state index is -1.24. The zero-order valence-corrected chi connectivity index (χ0v) is 8.18. The monoisotopic (exact) mass is 175 g/mol. The summed E-state index contributed by atoms with van der Waals surface area (Å²) in [5.41, 5.74) is 0. The molecule has 64 valence electrons. The zero-order chi connectivity index (χ0) is 8.27. The first kappa shape index (κ1) is 9.11. The Hall–Kier alpha value is 0.0200. The fourth-order valence-corrected chi connectivity index (χ4v) is 2.44. The van der Waals surface area contributed by atoms with Crippen LogP contribution in [0.1, 0.15) is 19.3 Å². The van der Waals surface area contributed by atoms with Gasteiger partial charge >= 0.3 is 8.10 Å². The lowest BCUT2D eigenvalue weighted by molar-refractivity contribution is 0.371. The van der Waals surface area contributed by atoms with Crippen LogP contribution in [-0.2, 0) is 4.57 Å². The van der Waals surface area contributed by atoms with E-state index in [1.165, 1.54) is 19.3 Å². The maximum absolute atomic E-state index is 11.5. The second-order valence-electron chi connectivity index (χ2n) is 3.08. The van der Waals surface area contributed by atoms with Crippen LogP contribution in [0.25, 0.3) is 0 Å². The molecule has 0 N–H and O–H groups in total. The smallest absolute Gasteiger partial charge is 0.0820 e. The molecule has 3 nitrogen and oxygen atoms in total. The molecule has 4 heteroatoms. The van der Waals surface area contributed by atoms with Gasteiger partial charge in [-0.15, -0.1) is 0 Å². The molecule has 0 bridgehead atoms. The minimum absolute atomic E-state index is 0.972. The van der Waals surface area contributed by atoms with Gasteiger partial charge in [-0.05, 0) is 17.4 Å². The van der Waals surface area contributed by atoms with E-state index in [0.717, 1.165) is 13.1 Å². The summed E-state index contributed by atoms with van der Waals surface area (Å²) < 4.78 is 15.4. The predicted molar refractivity (Wildman–Crippen MR) is 46.7 cm³/mol. The van der Waals surface area contributed by atoms with E-state index < -0.39 is 8.10 Å². The molecule has 0 aromatic rings. The number of rotatable bonds is 0. The van der Waals surface area contributed by atoms with E-state index in [4.69, 9.17) is 0 Å². The fourth-order valence-electron chi connectivity index (χ4n) is 1.29. The lowest BCUT2D eigenvalue weighted by atomic mass is 10.2. The Bertz CT molecular complexity index is 137. The van der Waals surface area contributed by atoms with E-state index in [1.807, 2.05) is 23.4 Å². The third-order valence-corrected chi connectivity index (χ3v) is 3.62. The lowest BCUT2D eigenvalue weighted by Gasteiger charge is -2.13. The highest BCUT2D eigenvalue weighted by Gasteiger charge is 2.30. The van der Waals surface area contributed by atoms with Gasteiger partial charge in [0.1, 0.15) is 0 Å². The van der Waals surface area contributed by atoms with Gasteiger partial charge in [-0.25, -0.2) is 0 Å². The molecule has 1 saturated heterocycles. The van der Waals surface area contributed by atoms with Crippen LogP contribution in [0.5, 0.6) is 0 Å². The van der Waals surface area contributed by atoms with Gasteiger partial charge in [-0.2, -0.15) is 0 Å². The second-order valence-corrected chi connectivity index (χ2v) is 4.95. The Morgan fingerprint density at radius 1 is 1.00 bits per heavy atom. The summed E-state index contributed by atoms with van der Waals surface area (Å²) in [5.74, 6) is 0. The summed E-state index contributed by atoms with van der Waals surface area (Å²) in [7, 11) is 2.62. The molecule has 1 heterocycles. The molecule has 0 radical (unpaired) electrons. The SMILES string of the molecule is CN1CCCCCN(C)[P+]1=O. The molecule has 1 rings (SSSR count). The molecule has 11 heavy (non-hydrogen) atoms. The van der Waals surface area contributed by atoms with Gasteiger partial charge in [0.05, 0.1) is 0 Å². The first-order valence-corrected chi connectivity index (χ1v) is 5.27. The summed E-state index contributed by atoms with van der Waals surface area (Å²) in [4.78, 5) is 0. The average molecular weight is 175 g/mol. The Labute approximate surface area is 69.3 Å². The summed E-state index contributed by atoms with van der Waals surface area (Å²) in [6, 6.07) is 0. The number of hydrogen-bond donors (Lipinski definition) is 0. The van der Waals surface area contributed by atoms with E-state index >= 15 is 0 Å². The van der Waals surface area contributed by atoms with Crippen molar-refractivity contribution in [2.75, 3.05) is 27.2 Å². The van der Waals surface area contributed by atoms with Crippen molar-refractivity contribution in [1.82, 2.24) is 9.34 Å². The Morgan fingerprint density at radius 3 is 1.91 bits per heavy atom. The third kappa shape index (κ3) is 2.51. The van der Waals surface area contributed by atoms with E-state index in [9.17, 15) is 4.57 Å². The summed E-state index contributed by atoms with van der Waals surface area (Å²) >= 11 is 0. The Balaban J connectivity index is 2.49. The molecule has 0 atom stereocenters. The molecule has 0 aliphatic carbocycles. The van der Waals surface area contributed by atoms with Crippen LogP contribution < -0.4 is 0 Å². The van der Waals surface area contributed by atoms with Crippen molar-refractivity contribution in [1.29, 1.82) is 0 Å². The van der Waals surface area contributed by atoms with Gasteiger partial charge in [-0.1, -0.05) is 15.8 Å². The van der Waals surface area contributed by atoms with Crippen molar-refractivity contribution < 1.29 is 4.57 Å². The largest absolute Gasteiger partial charge is 0.537 e. The van der Waals surface area contributed by atoms with E-state index in [-0.39, 0.29) is 0 Å². The maximum atomic E-state index is 11.5. The summed E-state index contributed by atoms with van der Waals surface area (Å²) in [6.07, 6.45) is 3.63. The molecular weight excluding hydrogens is 159 g/mol. The van der Waals surface area contributed by atoms with Crippen molar-refractivity contribution in [3.05, 3.63) is 0 Å². The van der Waals surface area contributed by atoms with E-state index in [0.29, 0.717) is 0 Å². The van der Waals surface area contributed by atoms with Gasteiger partial charge in [0, 0.05) is 27.2 Å².